The second kappa shape index (κ2) is 27.9. The molecule has 0 atom stereocenters. The molecule has 0 aliphatic carbocycles. The van der Waals surface area contributed by atoms with Gasteiger partial charge in [0.15, 0.2) is 17.3 Å². The molecule has 0 heterocycles. The molecule has 0 unspecified atom stereocenters. The molecule has 0 fully saturated rings. The van der Waals surface area contributed by atoms with E-state index < -0.39 is 0 Å². The number of carbonyl (C=O) groups is 3. The molecular formula is C15H30EuO9. The topological polar surface area (TPSA) is 206 Å². The second-order valence-electron chi connectivity index (χ2n) is 4.19. The van der Waals surface area contributed by atoms with E-state index in [1.54, 1.807) is 0 Å². The van der Waals surface area contributed by atoms with Crippen LogP contribution in [0.3, 0.4) is 0 Å². The summed E-state index contributed by atoms with van der Waals surface area (Å²) in [5, 5.41) is 25.1. The van der Waals surface area contributed by atoms with Crippen molar-refractivity contribution in [2.45, 2.75) is 41.5 Å². The average molecular weight is 506 g/mol. The van der Waals surface area contributed by atoms with Crippen LogP contribution >= 0.6 is 0 Å². The number of aliphatic hydroxyl groups excluding tert-OH is 3. The molecule has 0 saturated carbocycles. The molecule has 0 aliphatic rings. The molecule has 0 aromatic rings. The Hall–Kier alpha value is -0.906. The van der Waals surface area contributed by atoms with Gasteiger partial charge in [0.1, 0.15) is 0 Å². The minimum absolute atomic E-state index is 0. The molecule has 9 nitrogen and oxygen atoms in total. The molecule has 0 spiro atoms. The molecule has 0 aromatic heterocycles. The van der Waals surface area contributed by atoms with Gasteiger partial charge in [-0.05, 0) is 41.5 Å². The molecule has 0 aromatic carbocycles. The second-order valence-corrected chi connectivity index (χ2v) is 4.19. The quantitative estimate of drug-likeness (QED) is 0.369. The first-order valence-electron chi connectivity index (χ1n) is 6.02. The van der Waals surface area contributed by atoms with Gasteiger partial charge >= 0.3 is 0 Å². The third-order valence-electron chi connectivity index (χ3n) is 1.24. The smallest absolute Gasteiger partial charge is 0.155 e. The monoisotopic (exact) mass is 507 g/mol. The molecule has 25 heavy (non-hydrogen) atoms. The number of ketones is 3. The first kappa shape index (κ1) is 44.0. The van der Waals surface area contributed by atoms with Gasteiger partial charge in [-0.3, -0.25) is 14.4 Å². The van der Waals surface area contributed by atoms with Gasteiger partial charge < -0.3 is 31.7 Å². The van der Waals surface area contributed by atoms with Crippen molar-refractivity contribution in [3.63, 3.8) is 0 Å². The van der Waals surface area contributed by atoms with Crippen molar-refractivity contribution in [1.82, 2.24) is 0 Å². The number of rotatable bonds is 3. The van der Waals surface area contributed by atoms with E-state index in [9.17, 15) is 14.4 Å². The van der Waals surface area contributed by atoms with Gasteiger partial charge in [-0.2, -0.15) is 0 Å². The van der Waals surface area contributed by atoms with Crippen molar-refractivity contribution in [3.8, 4) is 0 Å². The average Bonchev–Trinajstić information content (AvgIpc) is 2.10. The van der Waals surface area contributed by atoms with Crippen molar-refractivity contribution < 1.29 is 95.5 Å². The summed E-state index contributed by atoms with van der Waals surface area (Å²) in [6, 6.07) is 0. The third-order valence-corrected chi connectivity index (χ3v) is 1.24. The van der Waals surface area contributed by atoms with Crippen molar-refractivity contribution >= 4 is 17.3 Å². The van der Waals surface area contributed by atoms with Crippen LogP contribution in [0.5, 0.6) is 0 Å². The Morgan fingerprint density at radius 1 is 0.520 bits per heavy atom. The summed E-state index contributed by atoms with van der Waals surface area (Å²) in [4.78, 5) is 30.1. The van der Waals surface area contributed by atoms with Crippen LogP contribution in [0.1, 0.15) is 41.5 Å². The SMILES string of the molecule is CC(=O)/C=C(/C)O.CC(=O)/C=C(/C)O.CC(=O)/C=C(/C)O.O.O.O.[Eu]. The van der Waals surface area contributed by atoms with Crippen LogP contribution < -0.4 is 0 Å². The van der Waals surface area contributed by atoms with Crippen molar-refractivity contribution in [2.75, 3.05) is 0 Å². The van der Waals surface area contributed by atoms with E-state index in [4.69, 9.17) is 15.3 Å². The van der Waals surface area contributed by atoms with Crippen molar-refractivity contribution in [3.05, 3.63) is 35.5 Å². The van der Waals surface area contributed by atoms with Crippen molar-refractivity contribution in [2.24, 2.45) is 0 Å². The van der Waals surface area contributed by atoms with Crippen LogP contribution in [0.25, 0.3) is 0 Å². The fraction of sp³-hybridized carbons (Fsp3) is 0.400. The molecule has 0 saturated heterocycles. The minimum atomic E-state index is -0.125. The molecule has 0 bridgehead atoms. The molecule has 0 rings (SSSR count). The van der Waals surface area contributed by atoms with Gasteiger partial charge in [-0.25, -0.2) is 0 Å². The fourth-order valence-corrected chi connectivity index (χ4v) is 0.882. The Bertz CT molecular complexity index is 373. The van der Waals surface area contributed by atoms with Crippen LogP contribution in [0.15, 0.2) is 35.5 Å². The summed E-state index contributed by atoms with van der Waals surface area (Å²) < 4.78 is 0. The number of allylic oxidation sites excluding steroid dienone is 6. The molecule has 0 aliphatic heterocycles. The zero-order valence-corrected chi connectivity index (χ0v) is 17.6. The first-order valence-corrected chi connectivity index (χ1v) is 6.02. The largest absolute Gasteiger partial charge is 0.512 e. The Kier molecular flexibility index (Phi) is 49.1. The summed E-state index contributed by atoms with van der Waals surface area (Å²) in [6.45, 7) is 8.54. The maximum atomic E-state index is 10.0. The van der Waals surface area contributed by atoms with Gasteiger partial charge in [-0.1, -0.05) is 0 Å². The Balaban J connectivity index is -0.0000000360. The number of carbonyl (C=O) groups excluding carboxylic acids is 3. The van der Waals surface area contributed by atoms with E-state index in [1.807, 2.05) is 0 Å². The number of hydrogen-bond acceptors (Lipinski definition) is 6. The number of hydrogen-bond donors (Lipinski definition) is 3. The van der Waals surface area contributed by atoms with E-state index in [0.717, 1.165) is 0 Å². The van der Waals surface area contributed by atoms with Crippen LogP contribution in [-0.4, -0.2) is 49.1 Å². The zero-order chi connectivity index (χ0) is 17.6. The Morgan fingerprint density at radius 3 is 0.640 bits per heavy atom. The molecule has 10 heteroatoms. The zero-order valence-electron chi connectivity index (χ0n) is 15.2. The predicted molar refractivity (Wildman–Crippen MR) is 92.0 cm³/mol. The van der Waals surface area contributed by atoms with Gasteiger partial charge in [0, 0.05) is 67.6 Å². The maximum absolute atomic E-state index is 10.0. The third kappa shape index (κ3) is 83.5. The molecule has 151 valence electrons. The van der Waals surface area contributed by atoms with Gasteiger partial charge in [0.2, 0.25) is 0 Å². The van der Waals surface area contributed by atoms with E-state index in [1.165, 1.54) is 59.8 Å². The number of aliphatic hydroxyl groups is 3. The maximum Gasteiger partial charge on any atom is 0.155 e. The van der Waals surface area contributed by atoms with Gasteiger partial charge in [-0.15, -0.1) is 0 Å². The summed E-state index contributed by atoms with van der Waals surface area (Å²) in [5.41, 5.74) is 0. The van der Waals surface area contributed by atoms with Crippen LogP contribution in [0.4, 0.5) is 0 Å². The summed E-state index contributed by atoms with van der Waals surface area (Å²) >= 11 is 0. The van der Waals surface area contributed by atoms with Crippen LogP contribution in [0.2, 0.25) is 0 Å². The van der Waals surface area contributed by atoms with Gasteiger partial charge in [0.25, 0.3) is 0 Å². The summed E-state index contributed by atoms with van der Waals surface area (Å²) in [7, 11) is 0. The first-order chi connectivity index (χ1) is 9.38. The predicted octanol–water partition coefficient (Wildman–Crippen LogP) is 0.637. The minimum Gasteiger partial charge on any atom is -0.512 e. The standard InChI is InChI=1S/3C5H8O2.Eu.3H2O/c3*1-4(6)3-5(2)7;;;;/h3*3,6H,1-2H3;;3*1H2/b3*4-3-;;;;. The normalized spacial score (nSPS) is 9.60. The Morgan fingerprint density at radius 2 is 0.640 bits per heavy atom. The van der Waals surface area contributed by atoms with E-state index in [2.05, 4.69) is 0 Å². The molecule has 1 radical (unpaired) electrons. The summed E-state index contributed by atoms with van der Waals surface area (Å²) in [6.07, 6.45) is 3.50. The van der Waals surface area contributed by atoms with E-state index in [-0.39, 0.29) is 100 Å². The van der Waals surface area contributed by atoms with Crippen molar-refractivity contribution in [1.29, 1.82) is 0 Å². The fourth-order valence-electron chi connectivity index (χ4n) is 0.882. The molecular weight excluding hydrogens is 476 g/mol. The van der Waals surface area contributed by atoms with Gasteiger partial charge in [0.05, 0.1) is 17.3 Å². The Labute approximate surface area is 188 Å². The van der Waals surface area contributed by atoms with Crippen LogP contribution in [-0.2, 0) is 14.4 Å². The van der Waals surface area contributed by atoms with Crippen LogP contribution in [0, 0.1) is 49.4 Å². The molecule has 9 N–H and O–H groups in total. The van der Waals surface area contributed by atoms with E-state index >= 15 is 0 Å². The van der Waals surface area contributed by atoms with E-state index in [0.29, 0.717) is 0 Å². The molecule has 0 amide bonds. The summed E-state index contributed by atoms with van der Waals surface area (Å²) in [5.74, 6) is -0.187.